The molecule has 2 N–H and O–H groups in total. The molecule has 4 nitrogen and oxygen atoms in total. The number of nitrogens with zero attached hydrogens (tertiary/aromatic N) is 2. The maximum absolute atomic E-state index is 10.6. The number of benzene rings is 1. The van der Waals surface area contributed by atoms with Crippen molar-refractivity contribution in [2.45, 2.75) is 58.9 Å². The van der Waals surface area contributed by atoms with Crippen molar-refractivity contribution >= 4 is 6.21 Å². The highest BCUT2D eigenvalue weighted by Gasteiger charge is 2.28. The molecule has 4 heteroatoms. The Morgan fingerprint density at radius 2 is 1.64 bits per heavy atom. The van der Waals surface area contributed by atoms with Crippen LogP contribution >= 0.6 is 0 Å². The van der Waals surface area contributed by atoms with Crippen LogP contribution in [0.2, 0.25) is 0 Å². The Kier molecular flexibility index (Phi) is 5.21. The number of phenols is 2. The molecule has 25 heavy (non-hydrogen) atoms. The van der Waals surface area contributed by atoms with Crippen LogP contribution < -0.4 is 0 Å². The molecular weight excluding hydrogens is 312 g/mol. The van der Waals surface area contributed by atoms with E-state index in [4.69, 9.17) is 0 Å². The highest BCUT2D eigenvalue weighted by atomic mass is 16.3. The van der Waals surface area contributed by atoms with E-state index < -0.39 is 0 Å². The SMILES string of the molecule is CC(C)(C)c1cc(C(C)(C)C)c(C=NCc2cccnc2)c(O)c1O. The maximum Gasteiger partial charge on any atom is 0.166 e. The van der Waals surface area contributed by atoms with Gasteiger partial charge in [0.2, 0.25) is 0 Å². The Labute approximate surface area is 150 Å². The Bertz CT molecular complexity index is 767. The van der Waals surface area contributed by atoms with Gasteiger partial charge in [0, 0.05) is 29.7 Å². The second-order valence-corrected chi connectivity index (χ2v) is 8.41. The van der Waals surface area contributed by atoms with Gasteiger partial charge in [-0.3, -0.25) is 9.98 Å². The van der Waals surface area contributed by atoms with Crippen LogP contribution in [-0.4, -0.2) is 21.4 Å². The van der Waals surface area contributed by atoms with Gasteiger partial charge in [-0.2, -0.15) is 0 Å². The number of rotatable bonds is 3. The predicted molar refractivity (Wildman–Crippen MR) is 103 cm³/mol. The van der Waals surface area contributed by atoms with Crippen molar-refractivity contribution in [1.82, 2.24) is 4.98 Å². The van der Waals surface area contributed by atoms with E-state index in [0.29, 0.717) is 12.1 Å². The number of aliphatic imine (C=N–C) groups is 1. The molecule has 1 aromatic carbocycles. The quantitative estimate of drug-likeness (QED) is 0.628. The highest BCUT2D eigenvalue weighted by molar-refractivity contribution is 5.88. The lowest BCUT2D eigenvalue weighted by molar-refractivity contribution is 0.386. The van der Waals surface area contributed by atoms with Crippen molar-refractivity contribution in [3.05, 3.63) is 52.8 Å². The van der Waals surface area contributed by atoms with E-state index >= 15 is 0 Å². The molecule has 134 valence electrons. The van der Waals surface area contributed by atoms with Gasteiger partial charge in [0.15, 0.2) is 11.5 Å². The summed E-state index contributed by atoms with van der Waals surface area (Å²) in [5, 5.41) is 21.1. The third-order valence-electron chi connectivity index (χ3n) is 4.15. The number of hydrogen-bond acceptors (Lipinski definition) is 4. The Morgan fingerprint density at radius 3 is 2.16 bits per heavy atom. The van der Waals surface area contributed by atoms with E-state index in [2.05, 4.69) is 30.7 Å². The van der Waals surface area contributed by atoms with E-state index in [1.165, 1.54) is 0 Å². The first-order valence-corrected chi connectivity index (χ1v) is 8.50. The molecule has 0 radical (unpaired) electrons. The molecule has 1 heterocycles. The van der Waals surface area contributed by atoms with E-state index in [1.807, 2.05) is 39.0 Å². The lowest BCUT2D eigenvalue weighted by Crippen LogP contribution is -2.19. The van der Waals surface area contributed by atoms with Crippen molar-refractivity contribution in [3.63, 3.8) is 0 Å². The number of aromatic nitrogens is 1. The molecule has 0 saturated carbocycles. The molecular formula is C21H28N2O2. The van der Waals surface area contributed by atoms with Gasteiger partial charge in [0.1, 0.15) is 0 Å². The van der Waals surface area contributed by atoms with Crippen LogP contribution in [0.4, 0.5) is 0 Å². The molecule has 0 aliphatic carbocycles. The monoisotopic (exact) mass is 340 g/mol. The second kappa shape index (κ2) is 6.87. The van der Waals surface area contributed by atoms with Crippen LogP contribution in [0.3, 0.4) is 0 Å². The average molecular weight is 340 g/mol. The minimum absolute atomic E-state index is 0.0664. The molecule has 2 rings (SSSR count). The summed E-state index contributed by atoms with van der Waals surface area (Å²) >= 11 is 0. The van der Waals surface area contributed by atoms with Crippen molar-refractivity contribution in [2.75, 3.05) is 0 Å². The van der Waals surface area contributed by atoms with Gasteiger partial charge in [-0.15, -0.1) is 0 Å². The third-order valence-corrected chi connectivity index (χ3v) is 4.15. The first-order chi connectivity index (χ1) is 11.5. The van der Waals surface area contributed by atoms with Crippen molar-refractivity contribution in [1.29, 1.82) is 0 Å². The molecule has 0 unspecified atom stereocenters. The zero-order valence-electron chi connectivity index (χ0n) is 16.0. The molecule has 0 aliphatic rings. The summed E-state index contributed by atoms with van der Waals surface area (Å²) in [4.78, 5) is 8.52. The van der Waals surface area contributed by atoms with E-state index in [9.17, 15) is 10.2 Å². The minimum atomic E-state index is -0.271. The standard InChI is InChI=1S/C21H28N2O2/c1-20(2,3)16-10-17(21(4,5)6)19(25)18(24)15(16)13-23-12-14-8-7-9-22-11-14/h7-11,13,24-25H,12H2,1-6H3. The van der Waals surface area contributed by atoms with E-state index in [0.717, 1.165) is 16.7 Å². The number of hydrogen-bond donors (Lipinski definition) is 2. The molecule has 0 spiro atoms. The molecule has 0 amide bonds. The summed E-state index contributed by atoms with van der Waals surface area (Å²) in [5.41, 5.74) is 2.79. The largest absolute Gasteiger partial charge is 0.504 e. The smallest absolute Gasteiger partial charge is 0.166 e. The Balaban J connectivity index is 2.51. The number of pyridine rings is 1. The van der Waals surface area contributed by atoms with Crippen molar-refractivity contribution < 1.29 is 10.2 Å². The summed E-state index contributed by atoms with van der Waals surface area (Å²) in [5.74, 6) is -0.171. The van der Waals surface area contributed by atoms with E-state index in [1.54, 1.807) is 18.6 Å². The van der Waals surface area contributed by atoms with Gasteiger partial charge in [0.05, 0.1) is 6.54 Å². The first kappa shape index (κ1) is 19.0. The van der Waals surface area contributed by atoms with Gasteiger partial charge in [-0.25, -0.2) is 0 Å². The van der Waals surface area contributed by atoms with Crippen molar-refractivity contribution in [3.8, 4) is 11.5 Å². The van der Waals surface area contributed by atoms with Gasteiger partial charge in [-0.1, -0.05) is 53.7 Å². The Morgan fingerprint density at radius 1 is 1.00 bits per heavy atom. The summed E-state index contributed by atoms with van der Waals surface area (Å²) in [6, 6.07) is 5.81. The fourth-order valence-electron chi connectivity index (χ4n) is 2.73. The van der Waals surface area contributed by atoms with Gasteiger partial charge >= 0.3 is 0 Å². The maximum atomic E-state index is 10.6. The summed E-state index contributed by atoms with van der Waals surface area (Å²) in [6.07, 6.45) is 5.14. The molecule has 0 atom stereocenters. The molecule has 2 aromatic rings. The fourth-order valence-corrected chi connectivity index (χ4v) is 2.73. The van der Waals surface area contributed by atoms with Gasteiger partial charge < -0.3 is 10.2 Å². The number of phenolic OH excluding ortho intramolecular Hbond substituents is 2. The van der Waals surface area contributed by atoms with Crippen LogP contribution in [0.25, 0.3) is 0 Å². The summed E-state index contributed by atoms with van der Waals surface area (Å²) in [6.45, 7) is 12.8. The minimum Gasteiger partial charge on any atom is -0.504 e. The lowest BCUT2D eigenvalue weighted by Gasteiger charge is -2.28. The van der Waals surface area contributed by atoms with Crippen LogP contribution in [0, 0.1) is 0 Å². The van der Waals surface area contributed by atoms with Crippen molar-refractivity contribution in [2.24, 2.45) is 4.99 Å². The third kappa shape index (κ3) is 4.38. The molecule has 0 aliphatic heterocycles. The van der Waals surface area contributed by atoms with Crippen LogP contribution in [0.5, 0.6) is 11.5 Å². The predicted octanol–water partition coefficient (Wildman–Crippen LogP) is 4.71. The molecule has 0 saturated heterocycles. The molecule has 0 bridgehead atoms. The highest BCUT2D eigenvalue weighted by Crippen LogP contribution is 2.43. The van der Waals surface area contributed by atoms with Gasteiger partial charge in [0.25, 0.3) is 0 Å². The molecule has 1 aromatic heterocycles. The normalized spacial score (nSPS) is 12.7. The topological polar surface area (TPSA) is 65.7 Å². The summed E-state index contributed by atoms with van der Waals surface area (Å²) < 4.78 is 0. The van der Waals surface area contributed by atoms with Gasteiger partial charge in [-0.05, 0) is 28.0 Å². The Hall–Kier alpha value is -2.36. The first-order valence-electron chi connectivity index (χ1n) is 8.50. The zero-order chi connectivity index (χ0) is 18.8. The average Bonchev–Trinajstić information content (AvgIpc) is 2.50. The zero-order valence-corrected chi connectivity index (χ0v) is 16.0. The molecule has 0 fully saturated rings. The number of aromatic hydroxyl groups is 2. The van der Waals surface area contributed by atoms with Crippen LogP contribution in [0.15, 0.2) is 35.6 Å². The second-order valence-electron chi connectivity index (χ2n) is 8.41. The van der Waals surface area contributed by atoms with E-state index in [-0.39, 0.29) is 22.3 Å². The summed E-state index contributed by atoms with van der Waals surface area (Å²) in [7, 11) is 0. The lowest BCUT2D eigenvalue weighted by atomic mass is 9.77. The fraction of sp³-hybridized carbons (Fsp3) is 0.429. The van der Waals surface area contributed by atoms with Crippen LogP contribution in [-0.2, 0) is 17.4 Å². The van der Waals surface area contributed by atoms with Crippen LogP contribution in [0.1, 0.15) is 63.8 Å².